The maximum atomic E-state index is 13.1. The molecule has 1 fully saturated rings. The van der Waals surface area contributed by atoms with Crippen LogP contribution in [0.15, 0.2) is 66.7 Å². The third-order valence-corrected chi connectivity index (χ3v) is 6.08. The number of hydrogen-bond acceptors (Lipinski definition) is 6. The average molecular weight is 575 g/mol. The van der Waals surface area contributed by atoms with Gasteiger partial charge in [-0.2, -0.15) is 0 Å². The highest BCUT2D eigenvalue weighted by atomic mass is 35.5. The fourth-order valence-electron chi connectivity index (χ4n) is 4.19. The Balaban J connectivity index is 0.00000228. The van der Waals surface area contributed by atoms with Crippen LogP contribution >= 0.6 is 37.2 Å². The molecule has 1 saturated heterocycles. The number of rotatable bonds is 9. The summed E-state index contributed by atoms with van der Waals surface area (Å²) >= 11 is 0. The number of methoxy groups -OCH3 is 1. The predicted octanol–water partition coefficient (Wildman–Crippen LogP) is 4.83. The van der Waals surface area contributed by atoms with Crippen LogP contribution in [0.25, 0.3) is 0 Å². The SMILES string of the molecule is COc1ccc(N)cc1OCC(O)CN1CCN(c2ccc(Cc3ccc(F)cc3)cc2)CC1.Cl.Cl.Cl. The minimum Gasteiger partial charge on any atom is -0.493 e. The number of nitrogens with zero attached hydrogens (tertiary/aromatic N) is 2. The normalized spacial score (nSPS) is 14.0. The van der Waals surface area contributed by atoms with Crippen LogP contribution in [0.5, 0.6) is 11.5 Å². The summed E-state index contributed by atoms with van der Waals surface area (Å²) in [5, 5.41) is 10.5. The molecule has 0 amide bonds. The molecule has 3 N–H and O–H groups in total. The monoisotopic (exact) mass is 573 g/mol. The Morgan fingerprint density at radius 1 is 0.865 bits per heavy atom. The highest BCUT2D eigenvalue weighted by Gasteiger charge is 2.20. The molecule has 204 valence electrons. The van der Waals surface area contributed by atoms with Crippen molar-refractivity contribution in [1.82, 2.24) is 4.90 Å². The molecular weight excluding hydrogens is 540 g/mol. The number of ether oxygens (including phenoxy) is 2. The molecule has 0 radical (unpaired) electrons. The van der Waals surface area contributed by atoms with Crippen LogP contribution in [0.2, 0.25) is 0 Å². The molecule has 3 aromatic rings. The number of nitrogen functional groups attached to an aromatic ring is 1. The van der Waals surface area contributed by atoms with Gasteiger partial charge in [0, 0.05) is 50.2 Å². The topological polar surface area (TPSA) is 71.2 Å². The third kappa shape index (κ3) is 9.43. The second-order valence-electron chi connectivity index (χ2n) is 8.63. The van der Waals surface area contributed by atoms with Crippen molar-refractivity contribution in [3.8, 4) is 11.5 Å². The van der Waals surface area contributed by atoms with Crippen LogP contribution in [0.4, 0.5) is 15.8 Å². The average Bonchev–Trinajstić information content (AvgIpc) is 2.85. The lowest BCUT2D eigenvalue weighted by atomic mass is 10.0. The maximum absolute atomic E-state index is 13.1. The quantitative estimate of drug-likeness (QED) is 0.357. The van der Waals surface area contributed by atoms with Crippen molar-refractivity contribution in [2.45, 2.75) is 12.5 Å². The molecule has 10 heteroatoms. The molecule has 4 rings (SSSR count). The van der Waals surface area contributed by atoms with Crippen LogP contribution in [0.1, 0.15) is 11.1 Å². The minimum atomic E-state index is -0.608. The van der Waals surface area contributed by atoms with Gasteiger partial charge >= 0.3 is 0 Å². The zero-order valence-corrected chi connectivity index (χ0v) is 23.2. The number of β-amino-alcohol motifs (C(OH)–C–C–N with tert-alkyl or cyclic N) is 1. The van der Waals surface area contributed by atoms with E-state index in [-0.39, 0.29) is 49.6 Å². The van der Waals surface area contributed by atoms with Gasteiger partial charge in [-0.15, -0.1) is 37.2 Å². The minimum absolute atomic E-state index is 0. The summed E-state index contributed by atoms with van der Waals surface area (Å²) in [5.74, 6) is 0.924. The molecule has 3 aromatic carbocycles. The van der Waals surface area contributed by atoms with Gasteiger partial charge in [0.2, 0.25) is 0 Å². The van der Waals surface area contributed by atoms with Gasteiger partial charge in [-0.05, 0) is 53.9 Å². The van der Waals surface area contributed by atoms with Gasteiger partial charge < -0.3 is 25.2 Å². The molecule has 0 bridgehead atoms. The Morgan fingerprint density at radius 3 is 2.05 bits per heavy atom. The van der Waals surface area contributed by atoms with E-state index in [0.717, 1.165) is 38.2 Å². The molecule has 1 aliphatic heterocycles. The molecule has 0 aromatic heterocycles. The fourth-order valence-corrected chi connectivity index (χ4v) is 4.19. The Hall–Kier alpha value is -2.42. The number of anilines is 2. The van der Waals surface area contributed by atoms with Crippen molar-refractivity contribution in [2.75, 3.05) is 57.1 Å². The number of aliphatic hydroxyl groups excluding tert-OH is 1. The van der Waals surface area contributed by atoms with Crippen LogP contribution < -0.4 is 20.1 Å². The molecule has 1 atom stereocenters. The van der Waals surface area contributed by atoms with Crippen molar-refractivity contribution in [3.63, 3.8) is 0 Å². The second-order valence-corrected chi connectivity index (χ2v) is 8.63. The van der Waals surface area contributed by atoms with E-state index in [1.54, 1.807) is 25.3 Å². The fraction of sp³-hybridized carbons (Fsp3) is 0.333. The van der Waals surface area contributed by atoms with Gasteiger partial charge in [0.05, 0.1) is 7.11 Å². The van der Waals surface area contributed by atoms with Crippen LogP contribution in [-0.4, -0.2) is 62.6 Å². The number of hydrogen-bond donors (Lipinski definition) is 2. The zero-order valence-electron chi connectivity index (χ0n) is 20.7. The lowest BCUT2D eigenvalue weighted by molar-refractivity contribution is 0.0653. The van der Waals surface area contributed by atoms with Gasteiger partial charge in [0.1, 0.15) is 18.5 Å². The lowest BCUT2D eigenvalue weighted by Crippen LogP contribution is -2.49. The van der Waals surface area contributed by atoms with Crippen molar-refractivity contribution in [1.29, 1.82) is 0 Å². The summed E-state index contributed by atoms with van der Waals surface area (Å²) in [4.78, 5) is 4.61. The lowest BCUT2D eigenvalue weighted by Gasteiger charge is -2.37. The number of piperazine rings is 1. The van der Waals surface area contributed by atoms with Crippen molar-refractivity contribution in [3.05, 3.63) is 83.7 Å². The molecule has 1 unspecified atom stereocenters. The molecule has 1 heterocycles. The second kappa shape index (κ2) is 15.7. The summed E-state index contributed by atoms with van der Waals surface area (Å²) in [5.41, 5.74) is 9.91. The van der Waals surface area contributed by atoms with Gasteiger partial charge in [0.15, 0.2) is 11.5 Å². The first-order chi connectivity index (χ1) is 16.5. The highest BCUT2D eigenvalue weighted by Crippen LogP contribution is 2.29. The van der Waals surface area contributed by atoms with E-state index in [1.165, 1.54) is 23.4 Å². The molecular formula is C27H35Cl3FN3O3. The Kier molecular flexibility index (Phi) is 13.9. The van der Waals surface area contributed by atoms with Crippen molar-refractivity contribution < 1.29 is 19.0 Å². The van der Waals surface area contributed by atoms with E-state index in [9.17, 15) is 9.50 Å². The molecule has 0 aliphatic carbocycles. The van der Waals surface area contributed by atoms with Gasteiger partial charge in [-0.3, -0.25) is 4.90 Å². The zero-order chi connectivity index (χ0) is 23.9. The predicted molar refractivity (Wildman–Crippen MR) is 155 cm³/mol. The van der Waals surface area contributed by atoms with Crippen molar-refractivity contribution in [2.24, 2.45) is 0 Å². The number of nitrogens with two attached hydrogens (primary N) is 1. The van der Waals surface area contributed by atoms with E-state index in [1.807, 2.05) is 12.1 Å². The maximum Gasteiger partial charge on any atom is 0.163 e. The molecule has 6 nitrogen and oxygen atoms in total. The third-order valence-electron chi connectivity index (χ3n) is 6.08. The Bertz CT molecular complexity index is 1070. The smallest absolute Gasteiger partial charge is 0.163 e. The van der Waals surface area contributed by atoms with Crippen LogP contribution in [0.3, 0.4) is 0 Å². The van der Waals surface area contributed by atoms with E-state index < -0.39 is 6.10 Å². The van der Waals surface area contributed by atoms with E-state index in [2.05, 4.69) is 34.1 Å². The first-order valence-electron chi connectivity index (χ1n) is 11.6. The number of aliphatic hydroxyl groups is 1. The van der Waals surface area contributed by atoms with Crippen molar-refractivity contribution >= 4 is 48.6 Å². The number of halogens is 4. The van der Waals surface area contributed by atoms with Crippen LogP contribution in [-0.2, 0) is 6.42 Å². The van der Waals surface area contributed by atoms with Crippen LogP contribution in [0, 0.1) is 5.82 Å². The first-order valence-corrected chi connectivity index (χ1v) is 11.6. The Morgan fingerprint density at radius 2 is 1.46 bits per heavy atom. The highest BCUT2D eigenvalue weighted by molar-refractivity contribution is 5.86. The standard InChI is InChI=1S/C27H32FN3O3.3ClH/c1-33-26-11-8-23(29)17-27(26)34-19-25(32)18-30-12-14-31(15-13-30)24-9-4-21(5-10-24)16-20-2-6-22(28)7-3-20;;;/h2-11,17,25,32H,12-16,18-19,29H2,1H3;3*1H. The summed E-state index contributed by atoms with van der Waals surface area (Å²) in [6.07, 6.45) is 0.180. The van der Waals surface area contributed by atoms with Gasteiger partial charge in [0.25, 0.3) is 0 Å². The molecule has 37 heavy (non-hydrogen) atoms. The first kappa shape index (κ1) is 32.6. The number of benzene rings is 3. The summed E-state index contributed by atoms with van der Waals surface area (Å²) in [6.45, 7) is 4.26. The van der Waals surface area contributed by atoms with Gasteiger partial charge in [-0.1, -0.05) is 24.3 Å². The molecule has 1 aliphatic rings. The van der Waals surface area contributed by atoms with E-state index in [0.29, 0.717) is 23.7 Å². The summed E-state index contributed by atoms with van der Waals surface area (Å²) < 4.78 is 24.1. The molecule has 0 spiro atoms. The van der Waals surface area contributed by atoms with E-state index in [4.69, 9.17) is 15.2 Å². The largest absolute Gasteiger partial charge is 0.493 e. The summed E-state index contributed by atoms with van der Waals surface area (Å²) in [7, 11) is 1.58. The summed E-state index contributed by atoms with van der Waals surface area (Å²) in [6, 6.07) is 20.4. The van der Waals surface area contributed by atoms with Gasteiger partial charge in [-0.25, -0.2) is 4.39 Å². The Labute approximate surface area is 236 Å². The van der Waals surface area contributed by atoms with E-state index >= 15 is 0 Å². The molecule has 0 saturated carbocycles.